The highest BCUT2D eigenvalue weighted by atomic mass is 32.1. The molecule has 0 atom stereocenters. The Morgan fingerprint density at radius 3 is 2.69 bits per heavy atom. The second-order valence-electron chi connectivity index (χ2n) is 2.34. The van der Waals surface area contributed by atoms with E-state index in [0.29, 0.717) is 16.4 Å². The molecule has 0 aliphatic carbocycles. The van der Waals surface area contributed by atoms with Crippen molar-refractivity contribution < 1.29 is 9.53 Å². The molecule has 0 fully saturated rings. The fourth-order valence-corrected chi connectivity index (χ4v) is 1.85. The summed E-state index contributed by atoms with van der Waals surface area (Å²) >= 11 is 10.9. The maximum Gasteiger partial charge on any atom is 0.348 e. The first-order valence-corrected chi connectivity index (χ1v) is 5.72. The van der Waals surface area contributed by atoms with Gasteiger partial charge >= 0.3 is 5.97 Å². The van der Waals surface area contributed by atoms with E-state index in [4.69, 9.17) is 30.0 Å². The standard InChI is InChI=1S/C8H10O2S3/c9-8(7-2-1-3-13-7)10-6(4-11)5-12/h1-3,6,11-12H,4-5H2/p-2. The van der Waals surface area contributed by atoms with E-state index in [9.17, 15) is 4.79 Å². The Balaban J connectivity index is 2.50. The van der Waals surface area contributed by atoms with Crippen molar-refractivity contribution >= 4 is 42.6 Å². The Morgan fingerprint density at radius 1 is 1.54 bits per heavy atom. The molecular weight excluding hydrogens is 224 g/mol. The van der Waals surface area contributed by atoms with Gasteiger partial charge in [0.05, 0.1) is 6.10 Å². The Kier molecular flexibility index (Phi) is 4.69. The van der Waals surface area contributed by atoms with Gasteiger partial charge in [-0.15, -0.1) is 22.8 Å². The summed E-state index contributed by atoms with van der Waals surface area (Å²) in [6, 6.07) is 3.52. The minimum atomic E-state index is -0.324. The molecule has 0 unspecified atom stereocenters. The van der Waals surface area contributed by atoms with Crippen molar-refractivity contribution in [3.05, 3.63) is 22.4 Å². The van der Waals surface area contributed by atoms with Crippen molar-refractivity contribution in [2.75, 3.05) is 11.5 Å². The van der Waals surface area contributed by atoms with Gasteiger partial charge in [-0.2, -0.15) is 0 Å². The number of thiophene rings is 1. The van der Waals surface area contributed by atoms with E-state index >= 15 is 0 Å². The third kappa shape index (κ3) is 3.25. The quantitative estimate of drug-likeness (QED) is 0.578. The minimum absolute atomic E-state index is 0.306. The maximum atomic E-state index is 11.3. The number of carbonyl (C=O) groups is 1. The number of rotatable bonds is 4. The SMILES string of the molecule is O=C(OC(C[S-])C[S-])c1cccs1. The van der Waals surface area contributed by atoms with Gasteiger partial charge in [0.15, 0.2) is 0 Å². The molecule has 5 heteroatoms. The van der Waals surface area contributed by atoms with Crippen LogP contribution in [0, 0.1) is 0 Å². The largest absolute Gasteiger partial charge is 0.789 e. The van der Waals surface area contributed by atoms with E-state index in [2.05, 4.69) is 0 Å². The molecule has 1 aromatic rings. The second-order valence-corrected chi connectivity index (χ2v) is 3.95. The minimum Gasteiger partial charge on any atom is -0.789 e. The van der Waals surface area contributed by atoms with Crippen LogP contribution in [0.15, 0.2) is 17.5 Å². The van der Waals surface area contributed by atoms with Crippen molar-refractivity contribution in [3.63, 3.8) is 0 Å². The van der Waals surface area contributed by atoms with Crippen LogP contribution in [0.4, 0.5) is 0 Å². The van der Waals surface area contributed by atoms with E-state index in [0.717, 1.165) is 0 Å². The van der Waals surface area contributed by atoms with Gasteiger partial charge in [-0.25, -0.2) is 4.79 Å². The Hall–Kier alpha value is -0.130. The monoisotopic (exact) mass is 232 g/mol. The van der Waals surface area contributed by atoms with E-state index in [1.165, 1.54) is 11.3 Å². The molecule has 1 aromatic heterocycles. The number of hydrogen-bond acceptors (Lipinski definition) is 5. The lowest BCUT2D eigenvalue weighted by Crippen LogP contribution is -2.23. The van der Waals surface area contributed by atoms with Crippen molar-refractivity contribution in [2.24, 2.45) is 0 Å². The van der Waals surface area contributed by atoms with E-state index in [-0.39, 0.29) is 12.1 Å². The molecule has 0 spiro atoms. The molecule has 0 saturated heterocycles. The average Bonchev–Trinajstić information content (AvgIpc) is 2.66. The fraction of sp³-hybridized carbons (Fsp3) is 0.375. The molecule has 0 N–H and O–H groups in total. The summed E-state index contributed by atoms with van der Waals surface area (Å²) in [6.45, 7) is 0. The fourth-order valence-electron chi connectivity index (χ4n) is 0.720. The van der Waals surface area contributed by atoms with Crippen LogP contribution in [0.25, 0.3) is 0 Å². The van der Waals surface area contributed by atoms with Crippen LogP contribution in [-0.2, 0) is 30.0 Å². The third-order valence-corrected chi connectivity index (χ3v) is 2.96. The van der Waals surface area contributed by atoms with Crippen LogP contribution in [0.3, 0.4) is 0 Å². The van der Waals surface area contributed by atoms with Crippen molar-refractivity contribution in [3.8, 4) is 0 Å². The first-order chi connectivity index (χ1) is 6.27. The number of ether oxygens (including phenoxy) is 1. The molecule has 0 aromatic carbocycles. The predicted octanol–water partition coefficient (Wildman–Crippen LogP) is 1.37. The van der Waals surface area contributed by atoms with Crippen molar-refractivity contribution in [1.29, 1.82) is 0 Å². The number of esters is 1. The molecule has 0 amide bonds. The second kappa shape index (κ2) is 5.57. The molecule has 0 aliphatic rings. The predicted molar refractivity (Wildman–Crippen MR) is 58.0 cm³/mol. The van der Waals surface area contributed by atoms with Gasteiger partial charge < -0.3 is 30.0 Å². The highest BCUT2D eigenvalue weighted by Gasteiger charge is 2.09. The Labute approximate surface area is 92.1 Å². The van der Waals surface area contributed by atoms with E-state index in [1.807, 2.05) is 5.38 Å². The zero-order valence-corrected chi connectivity index (χ0v) is 9.21. The van der Waals surface area contributed by atoms with Crippen LogP contribution in [0.1, 0.15) is 9.67 Å². The summed E-state index contributed by atoms with van der Waals surface area (Å²) in [7, 11) is 0. The molecule has 1 heterocycles. The van der Waals surface area contributed by atoms with Crippen LogP contribution in [-0.4, -0.2) is 23.6 Å². The van der Waals surface area contributed by atoms with Gasteiger partial charge in [0.1, 0.15) is 4.88 Å². The maximum absolute atomic E-state index is 11.3. The molecule has 2 nitrogen and oxygen atoms in total. The normalized spacial score (nSPS) is 10.4. The third-order valence-electron chi connectivity index (χ3n) is 1.37. The number of hydrogen-bond donors (Lipinski definition) is 0. The van der Waals surface area contributed by atoms with Gasteiger partial charge in [0.25, 0.3) is 0 Å². The number of carbonyl (C=O) groups excluding carboxylic acids is 1. The first-order valence-electron chi connectivity index (χ1n) is 3.68. The molecule has 72 valence electrons. The Bertz CT molecular complexity index is 254. The van der Waals surface area contributed by atoms with Crippen molar-refractivity contribution in [1.82, 2.24) is 0 Å². The molecule has 0 saturated carbocycles. The van der Waals surface area contributed by atoms with Crippen LogP contribution >= 0.6 is 11.3 Å². The van der Waals surface area contributed by atoms with E-state index in [1.54, 1.807) is 12.1 Å². The Morgan fingerprint density at radius 2 is 2.23 bits per heavy atom. The smallest absolute Gasteiger partial charge is 0.348 e. The van der Waals surface area contributed by atoms with Crippen LogP contribution in [0.5, 0.6) is 0 Å². The van der Waals surface area contributed by atoms with Gasteiger partial charge in [0, 0.05) is 0 Å². The molecule has 0 aliphatic heterocycles. The lowest BCUT2D eigenvalue weighted by atomic mass is 10.4. The summed E-state index contributed by atoms with van der Waals surface area (Å²) in [4.78, 5) is 11.9. The van der Waals surface area contributed by atoms with E-state index < -0.39 is 0 Å². The van der Waals surface area contributed by atoms with Gasteiger partial charge in [-0.1, -0.05) is 6.07 Å². The van der Waals surface area contributed by atoms with Crippen LogP contribution < -0.4 is 0 Å². The summed E-state index contributed by atoms with van der Waals surface area (Å²) < 4.78 is 5.06. The molecule has 0 bridgehead atoms. The zero-order valence-electron chi connectivity index (χ0n) is 6.76. The summed E-state index contributed by atoms with van der Waals surface area (Å²) in [5.74, 6) is 0.399. The lowest BCUT2D eigenvalue weighted by molar-refractivity contribution is 0.0400. The summed E-state index contributed by atoms with van der Waals surface area (Å²) in [5, 5.41) is 1.83. The molecule has 0 radical (unpaired) electrons. The van der Waals surface area contributed by atoms with Gasteiger partial charge in [-0.05, 0) is 11.4 Å². The van der Waals surface area contributed by atoms with Gasteiger partial charge in [-0.3, -0.25) is 0 Å². The molecule has 13 heavy (non-hydrogen) atoms. The average molecular weight is 232 g/mol. The summed E-state index contributed by atoms with van der Waals surface area (Å²) in [5.41, 5.74) is 0. The lowest BCUT2D eigenvalue weighted by Gasteiger charge is -2.23. The zero-order chi connectivity index (χ0) is 9.68. The molecule has 1 rings (SSSR count). The van der Waals surface area contributed by atoms with Gasteiger partial charge in [0.2, 0.25) is 0 Å². The molecular formula is C8H8O2S3-2. The van der Waals surface area contributed by atoms with Crippen LogP contribution in [0.2, 0.25) is 0 Å². The first kappa shape index (κ1) is 10.9. The highest BCUT2D eigenvalue weighted by Crippen LogP contribution is 2.11. The topological polar surface area (TPSA) is 26.3 Å². The highest BCUT2D eigenvalue weighted by molar-refractivity contribution is 7.59. The summed E-state index contributed by atoms with van der Waals surface area (Å²) in [6.07, 6.45) is -0.306. The van der Waals surface area contributed by atoms with Crippen molar-refractivity contribution in [2.45, 2.75) is 6.10 Å².